The monoisotopic (exact) mass is 478 g/mol. The predicted molar refractivity (Wildman–Crippen MR) is 144 cm³/mol. The first kappa shape index (κ1) is 26.8. The van der Waals surface area contributed by atoms with Crippen molar-refractivity contribution in [2.24, 2.45) is 5.41 Å². The summed E-state index contributed by atoms with van der Waals surface area (Å²) in [5.41, 5.74) is 4.29. The molecule has 0 radical (unpaired) electrons. The van der Waals surface area contributed by atoms with Crippen LogP contribution in [0.3, 0.4) is 0 Å². The van der Waals surface area contributed by atoms with E-state index < -0.39 is 5.97 Å². The Morgan fingerprint density at radius 2 is 1.89 bits per heavy atom. The molecule has 0 N–H and O–H groups in total. The maximum absolute atomic E-state index is 13.2. The average Bonchev–Trinajstić information content (AvgIpc) is 2.81. The van der Waals surface area contributed by atoms with Crippen molar-refractivity contribution in [2.75, 3.05) is 20.2 Å². The van der Waals surface area contributed by atoms with Gasteiger partial charge in [-0.05, 0) is 48.8 Å². The highest BCUT2D eigenvalue weighted by atomic mass is 16.5. The number of esters is 1. The molecule has 190 valence electrons. The maximum atomic E-state index is 13.2. The molecule has 3 rings (SSSR count). The summed E-state index contributed by atoms with van der Waals surface area (Å²) in [6.45, 7) is 18.3. The van der Waals surface area contributed by atoms with E-state index in [0.717, 1.165) is 36.0 Å². The molecule has 0 fully saturated rings. The zero-order valence-corrected chi connectivity index (χ0v) is 23.0. The molecule has 0 bridgehead atoms. The van der Waals surface area contributed by atoms with Crippen molar-refractivity contribution in [1.29, 1.82) is 0 Å². The standard InChI is InChI=1S/C30H42N2O3/c1-10-19(4)21-14-13-15-22(27(21)20(5)11-2)28-24-16-25(33)23(29(34)35-12-3)17-32(24)26(18-31(28)9)30(6,7)8/h13-17,19,26H,10-12,18H2,1-9H3/b27-20-,28-22-. The number of aromatic nitrogens is 1. The van der Waals surface area contributed by atoms with Crippen LogP contribution in [0.25, 0.3) is 11.3 Å². The first-order valence-corrected chi connectivity index (χ1v) is 12.9. The summed E-state index contributed by atoms with van der Waals surface area (Å²) in [5, 5.41) is 2.43. The third-order valence-corrected chi connectivity index (χ3v) is 7.43. The Morgan fingerprint density at radius 1 is 1.20 bits per heavy atom. The third-order valence-electron chi connectivity index (χ3n) is 7.43. The van der Waals surface area contributed by atoms with Crippen molar-refractivity contribution >= 4 is 17.2 Å². The second kappa shape index (κ2) is 10.4. The number of fused-ring (bicyclic) bond motifs is 1. The van der Waals surface area contributed by atoms with Crippen molar-refractivity contribution in [1.82, 2.24) is 9.47 Å². The van der Waals surface area contributed by atoms with Gasteiger partial charge in [0, 0.05) is 31.1 Å². The Morgan fingerprint density at radius 3 is 2.46 bits per heavy atom. The molecule has 0 saturated carbocycles. The van der Waals surface area contributed by atoms with Gasteiger partial charge in [-0.25, -0.2) is 4.79 Å². The largest absolute Gasteiger partial charge is 0.462 e. The van der Waals surface area contributed by atoms with E-state index in [9.17, 15) is 9.59 Å². The molecular weight excluding hydrogens is 436 g/mol. The van der Waals surface area contributed by atoms with Gasteiger partial charge in [-0.15, -0.1) is 0 Å². The lowest BCUT2D eigenvalue weighted by molar-refractivity contribution is 0.0522. The molecule has 0 saturated heterocycles. The molecule has 1 aromatic carbocycles. The molecule has 35 heavy (non-hydrogen) atoms. The normalized spacial score (nSPS) is 19.2. The number of hydrogen-bond acceptors (Lipinski definition) is 4. The van der Waals surface area contributed by atoms with Crippen LogP contribution in [0, 0.1) is 5.41 Å². The van der Waals surface area contributed by atoms with Gasteiger partial charge in [0.15, 0.2) is 5.43 Å². The van der Waals surface area contributed by atoms with E-state index in [-0.39, 0.29) is 29.1 Å². The van der Waals surface area contributed by atoms with Gasteiger partial charge in [0.1, 0.15) is 5.56 Å². The topological polar surface area (TPSA) is 51.5 Å². The number of carbonyl (C=O) groups excluding carboxylic acids is 1. The number of pyridine rings is 1. The first-order valence-electron chi connectivity index (χ1n) is 12.9. The molecule has 5 nitrogen and oxygen atoms in total. The molecule has 2 heterocycles. The zero-order chi connectivity index (χ0) is 26.1. The van der Waals surface area contributed by atoms with Crippen LogP contribution in [0.15, 0.2) is 35.3 Å². The molecule has 0 spiro atoms. The van der Waals surface area contributed by atoms with E-state index >= 15 is 0 Å². The molecule has 2 atom stereocenters. The summed E-state index contributed by atoms with van der Waals surface area (Å²) < 4.78 is 7.34. The van der Waals surface area contributed by atoms with Crippen molar-refractivity contribution in [3.05, 3.63) is 67.9 Å². The Bertz CT molecular complexity index is 1280. The van der Waals surface area contributed by atoms with Crippen LogP contribution in [0.2, 0.25) is 0 Å². The summed E-state index contributed by atoms with van der Waals surface area (Å²) in [6.07, 6.45) is 3.74. The summed E-state index contributed by atoms with van der Waals surface area (Å²) >= 11 is 0. The van der Waals surface area contributed by atoms with Gasteiger partial charge in [0.05, 0.1) is 24.0 Å². The Balaban J connectivity index is 2.52. The van der Waals surface area contributed by atoms with E-state index in [4.69, 9.17) is 4.74 Å². The molecule has 0 aliphatic carbocycles. The lowest BCUT2D eigenvalue weighted by Gasteiger charge is -2.43. The van der Waals surface area contributed by atoms with E-state index in [2.05, 4.69) is 83.2 Å². The number of nitrogens with zero attached hydrogens (tertiary/aromatic N) is 2. The minimum atomic E-state index is -0.560. The molecule has 0 amide bonds. The van der Waals surface area contributed by atoms with Crippen LogP contribution in [-0.2, 0) is 4.74 Å². The second-order valence-corrected chi connectivity index (χ2v) is 10.9. The SMILES string of the molecule is CCOC(=O)c1cn2c(cc1=O)/C(=c1\cccc(C(C)CC)\c1=C(/C)CC)N(C)CC2C(C)(C)C. The fourth-order valence-electron chi connectivity index (χ4n) is 5.08. The molecular formula is C30H42N2O3. The first-order chi connectivity index (χ1) is 16.5. The fourth-order valence-corrected chi connectivity index (χ4v) is 5.08. The van der Waals surface area contributed by atoms with Crippen LogP contribution >= 0.6 is 0 Å². The second-order valence-electron chi connectivity index (χ2n) is 10.9. The minimum Gasteiger partial charge on any atom is -0.462 e. The lowest BCUT2D eigenvalue weighted by atomic mass is 9.84. The summed E-state index contributed by atoms with van der Waals surface area (Å²) in [7, 11) is 2.11. The van der Waals surface area contributed by atoms with Crippen LogP contribution in [0.4, 0.5) is 0 Å². The molecule has 2 unspecified atom stereocenters. The highest BCUT2D eigenvalue weighted by Gasteiger charge is 2.35. The van der Waals surface area contributed by atoms with Crippen molar-refractivity contribution in [3.8, 4) is 0 Å². The van der Waals surface area contributed by atoms with Gasteiger partial charge < -0.3 is 14.2 Å². The van der Waals surface area contributed by atoms with Crippen LogP contribution < -0.4 is 15.9 Å². The van der Waals surface area contributed by atoms with Crippen molar-refractivity contribution < 1.29 is 9.53 Å². The summed E-state index contributed by atoms with van der Waals surface area (Å²) in [4.78, 5) is 28.1. The van der Waals surface area contributed by atoms with Crippen LogP contribution in [0.5, 0.6) is 0 Å². The molecule has 5 heteroatoms. The summed E-state index contributed by atoms with van der Waals surface area (Å²) in [5.74, 6) is -0.132. The number of ether oxygens (including phenoxy) is 1. The van der Waals surface area contributed by atoms with Crippen molar-refractivity contribution in [3.63, 3.8) is 0 Å². The van der Waals surface area contributed by atoms with E-state index in [1.54, 1.807) is 19.2 Å². The number of carbonyl (C=O) groups is 1. The van der Waals surface area contributed by atoms with Crippen LogP contribution in [-0.4, -0.2) is 35.6 Å². The smallest absolute Gasteiger partial charge is 0.343 e. The van der Waals surface area contributed by atoms with Gasteiger partial charge in [0.2, 0.25) is 0 Å². The van der Waals surface area contributed by atoms with E-state index in [0.29, 0.717) is 5.92 Å². The average molecular weight is 479 g/mol. The van der Waals surface area contributed by atoms with Gasteiger partial charge in [-0.1, -0.05) is 65.3 Å². The lowest BCUT2D eigenvalue weighted by Crippen LogP contribution is -2.46. The quantitative estimate of drug-likeness (QED) is 0.579. The number of likely N-dealkylation sites (N-methyl/N-ethyl adjacent to an activating group) is 1. The number of rotatable bonds is 5. The summed E-state index contributed by atoms with van der Waals surface area (Å²) in [6, 6.07) is 8.27. The van der Waals surface area contributed by atoms with E-state index in [1.807, 2.05) is 0 Å². The minimum absolute atomic E-state index is 0.0810. The fraction of sp³-hybridized carbons (Fsp3) is 0.533. The highest BCUT2D eigenvalue weighted by molar-refractivity contribution is 5.89. The Hall–Kier alpha value is -2.82. The molecule has 1 aromatic heterocycles. The Kier molecular flexibility index (Phi) is 7.98. The molecule has 1 aliphatic rings. The van der Waals surface area contributed by atoms with Gasteiger partial charge in [-0.3, -0.25) is 4.79 Å². The molecule has 1 aliphatic heterocycles. The van der Waals surface area contributed by atoms with Gasteiger partial charge >= 0.3 is 5.97 Å². The zero-order valence-electron chi connectivity index (χ0n) is 23.0. The number of hydrogen-bond donors (Lipinski definition) is 0. The van der Waals surface area contributed by atoms with Crippen LogP contribution in [0.1, 0.15) is 102 Å². The molecule has 2 aromatic rings. The van der Waals surface area contributed by atoms with E-state index in [1.165, 1.54) is 16.4 Å². The third kappa shape index (κ3) is 5.10. The predicted octanol–water partition coefficient (Wildman–Crippen LogP) is 4.81. The van der Waals surface area contributed by atoms with Gasteiger partial charge in [-0.2, -0.15) is 0 Å². The Labute approximate surface area is 210 Å². The maximum Gasteiger partial charge on any atom is 0.343 e. The van der Waals surface area contributed by atoms with Gasteiger partial charge in [0.25, 0.3) is 0 Å². The number of benzene rings is 1. The highest BCUT2D eigenvalue weighted by Crippen LogP contribution is 2.37. The van der Waals surface area contributed by atoms with Crippen molar-refractivity contribution in [2.45, 2.75) is 80.2 Å².